The van der Waals surface area contributed by atoms with Crippen molar-refractivity contribution in [1.29, 1.82) is 0 Å². The first-order chi connectivity index (χ1) is 11.9. The highest BCUT2D eigenvalue weighted by atomic mass is 35.5. The number of aromatic nitrogens is 2. The summed E-state index contributed by atoms with van der Waals surface area (Å²) in [5.74, 6) is -0.457. The summed E-state index contributed by atoms with van der Waals surface area (Å²) >= 11 is 2.93. The number of halogens is 1. The number of sulfone groups is 1. The van der Waals surface area contributed by atoms with Crippen LogP contribution in [0.25, 0.3) is 0 Å². The Morgan fingerprint density at radius 1 is 1.27 bits per heavy atom. The van der Waals surface area contributed by atoms with Crippen molar-refractivity contribution in [3.63, 3.8) is 0 Å². The predicted molar refractivity (Wildman–Crippen MR) is 106 cm³/mol. The number of hydrogen-bond acceptors (Lipinski definition) is 8. The average Bonchev–Trinajstić information content (AvgIpc) is 3.09. The van der Waals surface area contributed by atoms with Gasteiger partial charge in [-0.25, -0.2) is 8.42 Å². The Hall–Kier alpha value is -1.20. The van der Waals surface area contributed by atoms with Gasteiger partial charge < -0.3 is 10.6 Å². The Kier molecular flexibility index (Phi) is 7.03. The van der Waals surface area contributed by atoms with E-state index in [4.69, 9.17) is 0 Å². The number of hydrogen-bond donors (Lipinski definition) is 2. The van der Waals surface area contributed by atoms with Gasteiger partial charge in [-0.3, -0.25) is 4.79 Å². The highest BCUT2D eigenvalue weighted by Crippen LogP contribution is 2.31. The molecule has 3 rings (SSSR count). The lowest BCUT2D eigenvalue weighted by atomic mass is 9.95. The van der Waals surface area contributed by atoms with E-state index in [2.05, 4.69) is 20.8 Å². The highest BCUT2D eigenvalue weighted by molar-refractivity contribution is 8.01. The number of rotatable bonds is 5. The number of nitrogens with one attached hydrogen (secondary N) is 2. The van der Waals surface area contributed by atoms with Gasteiger partial charge in [0, 0.05) is 16.8 Å². The lowest BCUT2D eigenvalue weighted by molar-refractivity contribution is -0.119. The molecule has 2 aromatic rings. The zero-order valence-corrected chi connectivity index (χ0v) is 17.2. The van der Waals surface area contributed by atoms with Crippen LogP contribution in [0.3, 0.4) is 0 Å². The monoisotopic (exact) mass is 434 g/mol. The van der Waals surface area contributed by atoms with Gasteiger partial charge in [0.05, 0.1) is 0 Å². The molecule has 0 unspecified atom stereocenters. The molecular weight excluding hydrogens is 416 g/mol. The Bertz CT molecular complexity index is 836. The summed E-state index contributed by atoms with van der Waals surface area (Å²) in [6, 6.07) is 7.24. The molecule has 142 valence electrons. The third-order valence-corrected chi connectivity index (χ3v) is 7.99. The van der Waals surface area contributed by atoms with Gasteiger partial charge >= 0.3 is 0 Å². The van der Waals surface area contributed by atoms with Crippen LogP contribution in [-0.2, 0) is 14.6 Å². The number of benzene rings is 1. The van der Waals surface area contributed by atoms with Crippen molar-refractivity contribution in [2.24, 2.45) is 0 Å². The lowest BCUT2D eigenvalue weighted by Crippen LogP contribution is -2.55. The van der Waals surface area contributed by atoms with Crippen molar-refractivity contribution in [2.75, 3.05) is 24.7 Å². The van der Waals surface area contributed by atoms with E-state index in [1.54, 1.807) is 17.6 Å². The van der Waals surface area contributed by atoms with Crippen LogP contribution in [0.5, 0.6) is 0 Å². The molecule has 1 aliphatic heterocycles. The molecule has 0 radical (unpaired) electrons. The Morgan fingerprint density at radius 3 is 2.46 bits per heavy atom. The fraction of sp³-hybridized carbons (Fsp3) is 0.400. The van der Waals surface area contributed by atoms with E-state index in [-0.39, 0.29) is 25.2 Å². The Morgan fingerprint density at radius 2 is 1.92 bits per heavy atom. The zero-order valence-electron chi connectivity index (χ0n) is 14.0. The number of carbonyl (C=O) groups excluding carboxylic acids is 1. The maximum Gasteiger partial charge on any atom is 0.245 e. The van der Waals surface area contributed by atoms with Crippen LogP contribution in [0.15, 0.2) is 39.0 Å². The fourth-order valence-corrected chi connectivity index (χ4v) is 5.54. The van der Waals surface area contributed by atoms with Crippen LogP contribution < -0.4 is 10.6 Å². The highest BCUT2D eigenvalue weighted by Gasteiger charge is 2.48. The topological polar surface area (TPSA) is 101 Å². The summed E-state index contributed by atoms with van der Waals surface area (Å²) < 4.78 is 24.0. The van der Waals surface area contributed by atoms with E-state index in [1.165, 1.54) is 23.1 Å². The van der Waals surface area contributed by atoms with Crippen molar-refractivity contribution >= 4 is 56.9 Å². The zero-order chi connectivity index (χ0) is 17.9. The molecule has 26 heavy (non-hydrogen) atoms. The molecule has 1 aromatic carbocycles. The smallest absolute Gasteiger partial charge is 0.245 e. The second-order valence-electron chi connectivity index (χ2n) is 5.80. The van der Waals surface area contributed by atoms with Gasteiger partial charge in [0.15, 0.2) is 18.9 Å². The van der Waals surface area contributed by atoms with Crippen LogP contribution in [0.1, 0.15) is 12.8 Å². The van der Waals surface area contributed by atoms with Crippen LogP contribution in [0.2, 0.25) is 0 Å². The second kappa shape index (κ2) is 8.66. The number of piperidine rings is 1. The summed E-state index contributed by atoms with van der Waals surface area (Å²) in [7, 11) is -3.52. The van der Waals surface area contributed by atoms with Gasteiger partial charge in [-0.05, 0) is 50.2 Å². The second-order valence-corrected chi connectivity index (χ2v) is 10.3. The standard InChI is InChI=1S/C15H18N4O3S3.ClH/c1-25(21,22)15(6-8-16-9-7-15)13(20)18-11-2-4-12(5-3-11)24-14-19-17-10-23-14;/h2-5,10,16H,6-9H2,1H3,(H,18,20);1H. The van der Waals surface area contributed by atoms with Crippen LogP contribution in [-0.4, -0.2) is 48.6 Å². The third-order valence-electron chi connectivity index (χ3n) is 4.19. The maximum absolute atomic E-state index is 12.7. The van der Waals surface area contributed by atoms with Gasteiger partial charge in [0.2, 0.25) is 5.91 Å². The molecule has 11 heteroatoms. The number of carbonyl (C=O) groups is 1. The molecule has 1 saturated heterocycles. The number of nitrogens with zero attached hydrogens (tertiary/aromatic N) is 2. The first-order valence-corrected chi connectivity index (χ1v) is 11.3. The molecule has 2 heterocycles. The van der Waals surface area contributed by atoms with Gasteiger partial charge in [-0.15, -0.1) is 22.6 Å². The van der Waals surface area contributed by atoms with Crippen LogP contribution >= 0.6 is 35.5 Å². The summed E-state index contributed by atoms with van der Waals surface area (Å²) in [5, 5.41) is 13.6. The van der Waals surface area contributed by atoms with Gasteiger partial charge in [0.1, 0.15) is 5.51 Å². The SMILES string of the molecule is CS(=O)(=O)C1(C(=O)Nc2ccc(Sc3nncs3)cc2)CCNCC1.Cl. The van der Waals surface area contributed by atoms with E-state index in [1.807, 2.05) is 12.1 Å². The molecular formula is C15H19ClN4O3S3. The quantitative estimate of drug-likeness (QED) is 0.743. The molecule has 0 saturated carbocycles. The molecule has 0 spiro atoms. The minimum Gasteiger partial charge on any atom is -0.325 e. The molecule has 7 nitrogen and oxygen atoms in total. The van der Waals surface area contributed by atoms with Crippen LogP contribution in [0.4, 0.5) is 5.69 Å². The number of anilines is 1. The average molecular weight is 435 g/mol. The summed E-state index contributed by atoms with van der Waals surface area (Å²) in [6.45, 7) is 1.02. The third kappa shape index (κ3) is 4.55. The fourth-order valence-electron chi connectivity index (χ4n) is 2.76. The van der Waals surface area contributed by atoms with Crippen molar-refractivity contribution in [3.8, 4) is 0 Å². The van der Waals surface area contributed by atoms with E-state index in [0.717, 1.165) is 15.5 Å². The predicted octanol–water partition coefficient (Wildman–Crippen LogP) is 2.22. The molecule has 0 aliphatic carbocycles. The summed E-state index contributed by atoms with van der Waals surface area (Å²) in [4.78, 5) is 13.7. The lowest BCUT2D eigenvalue weighted by Gasteiger charge is -2.34. The molecule has 0 atom stereocenters. The van der Waals surface area contributed by atoms with E-state index in [9.17, 15) is 13.2 Å². The van der Waals surface area contributed by atoms with Crippen LogP contribution in [0, 0.1) is 0 Å². The van der Waals surface area contributed by atoms with E-state index in [0.29, 0.717) is 18.8 Å². The molecule has 1 fully saturated rings. The molecule has 1 aromatic heterocycles. The van der Waals surface area contributed by atoms with Crippen molar-refractivity contribution < 1.29 is 13.2 Å². The van der Waals surface area contributed by atoms with E-state index < -0.39 is 20.5 Å². The van der Waals surface area contributed by atoms with Crippen molar-refractivity contribution in [1.82, 2.24) is 15.5 Å². The Balaban J connectivity index is 0.00000243. The number of amides is 1. The summed E-state index contributed by atoms with van der Waals surface area (Å²) in [5.41, 5.74) is 2.24. The van der Waals surface area contributed by atoms with Gasteiger partial charge in [-0.1, -0.05) is 23.1 Å². The van der Waals surface area contributed by atoms with Gasteiger partial charge in [0.25, 0.3) is 0 Å². The molecule has 2 N–H and O–H groups in total. The first kappa shape index (κ1) is 21.1. The maximum atomic E-state index is 12.7. The van der Waals surface area contributed by atoms with E-state index >= 15 is 0 Å². The summed E-state index contributed by atoms with van der Waals surface area (Å²) in [6.07, 6.45) is 1.70. The van der Waals surface area contributed by atoms with Crippen molar-refractivity contribution in [3.05, 3.63) is 29.8 Å². The van der Waals surface area contributed by atoms with Gasteiger partial charge in [-0.2, -0.15) is 0 Å². The minimum atomic E-state index is -3.52. The molecule has 0 bridgehead atoms. The Labute approximate surface area is 166 Å². The van der Waals surface area contributed by atoms with Crippen molar-refractivity contribution in [2.45, 2.75) is 26.8 Å². The normalized spacial score (nSPS) is 16.5. The first-order valence-electron chi connectivity index (χ1n) is 7.67. The molecule has 1 amide bonds. The largest absolute Gasteiger partial charge is 0.325 e. The molecule has 1 aliphatic rings. The minimum absolute atomic E-state index is 0.